The number of rotatable bonds is 5. The van der Waals surface area contributed by atoms with Gasteiger partial charge in [-0.15, -0.1) is 0 Å². The Morgan fingerprint density at radius 3 is 2.42 bits per heavy atom. The van der Waals surface area contributed by atoms with Gasteiger partial charge in [-0.1, -0.05) is 18.2 Å². The van der Waals surface area contributed by atoms with E-state index in [1.807, 2.05) is 18.2 Å². The van der Waals surface area contributed by atoms with Gasteiger partial charge in [0, 0.05) is 14.2 Å². The maximum atomic E-state index is 11.3. The van der Waals surface area contributed by atoms with Gasteiger partial charge in [0.1, 0.15) is 5.69 Å². The molecule has 2 rings (SSSR count). The summed E-state index contributed by atoms with van der Waals surface area (Å²) in [5.74, 6) is -1.06. The predicted molar refractivity (Wildman–Crippen MR) is 67.3 cm³/mol. The van der Waals surface area contributed by atoms with Gasteiger partial charge in [0.15, 0.2) is 5.69 Å². The number of aromatic carboxylic acids is 1. The van der Waals surface area contributed by atoms with Crippen LogP contribution in [-0.2, 0) is 9.47 Å². The van der Waals surface area contributed by atoms with E-state index in [1.54, 1.807) is 12.1 Å². The van der Waals surface area contributed by atoms with Crippen LogP contribution in [0, 0.1) is 0 Å². The van der Waals surface area contributed by atoms with Gasteiger partial charge in [-0.2, -0.15) is 5.10 Å². The van der Waals surface area contributed by atoms with Crippen LogP contribution >= 0.6 is 0 Å². The molecule has 0 atom stereocenters. The van der Waals surface area contributed by atoms with Crippen LogP contribution in [0.3, 0.4) is 0 Å². The molecule has 100 valence electrons. The maximum Gasteiger partial charge on any atom is 0.354 e. The minimum atomic E-state index is -1.06. The molecule has 1 N–H and O–H groups in total. The van der Waals surface area contributed by atoms with Crippen molar-refractivity contribution >= 4 is 5.97 Å². The Bertz CT molecular complexity index is 561. The van der Waals surface area contributed by atoms with Gasteiger partial charge in [0.25, 0.3) is 0 Å². The Labute approximate surface area is 110 Å². The van der Waals surface area contributed by atoms with Crippen LogP contribution < -0.4 is 0 Å². The van der Waals surface area contributed by atoms with Crippen molar-refractivity contribution in [3.63, 3.8) is 0 Å². The molecular formula is C13H14N2O4. The first-order valence-electron chi connectivity index (χ1n) is 5.61. The zero-order valence-corrected chi connectivity index (χ0v) is 10.6. The summed E-state index contributed by atoms with van der Waals surface area (Å²) in [7, 11) is 2.94. The lowest BCUT2D eigenvalue weighted by molar-refractivity contribution is -0.108. The fourth-order valence-electron chi connectivity index (χ4n) is 1.77. The van der Waals surface area contributed by atoms with Crippen LogP contribution in [0.15, 0.2) is 36.4 Å². The summed E-state index contributed by atoms with van der Waals surface area (Å²) >= 11 is 0. The first-order chi connectivity index (χ1) is 9.17. The highest BCUT2D eigenvalue weighted by Gasteiger charge is 2.20. The van der Waals surface area contributed by atoms with Gasteiger partial charge in [-0.25, -0.2) is 9.48 Å². The number of nitrogens with zero attached hydrogens (tertiary/aromatic N) is 2. The highest BCUT2D eigenvalue weighted by molar-refractivity contribution is 5.86. The lowest BCUT2D eigenvalue weighted by Gasteiger charge is -2.09. The van der Waals surface area contributed by atoms with E-state index < -0.39 is 12.3 Å². The van der Waals surface area contributed by atoms with Crippen LogP contribution in [-0.4, -0.2) is 35.1 Å². The molecule has 0 bridgehead atoms. The molecule has 1 aromatic heterocycles. The van der Waals surface area contributed by atoms with E-state index in [0.717, 1.165) is 0 Å². The third-order valence-corrected chi connectivity index (χ3v) is 2.62. The summed E-state index contributed by atoms with van der Waals surface area (Å²) in [6.45, 7) is 0. The van der Waals surface area contributed by atoms with E-state index in [4.69, 9.17) is 9.47 Å². The standard InChI is InChI=1S/C13H14N2O4/c1-18-13(19-2)10-8-11(12(16)17)15(14-10)9-6-4-3-5-7-9/h3-8,13H,1-2H3,(H,16,17). The second kappa shape index (κ2) is 5.64. The Kier molecular flexibility index (Phi) is 3.94. The van der Waals surface area contributed by atoms with Gasteiger partial charge in [0.05, 0.1) is 5.69 Å². The van der Waals surface area contributed by atoms with Crippen LogP contribution in [0.1, 0.15) is 22.5 Å². The molecule has 0 saturated heterocycles. The summed E-state index contributed by atoms with van der Waals surface area (Å²) in [4.78, 5) is 11.3. The molecule has 0 fully saturated rings. The lowest BCUT2D eigenvalue weighted by atomic mass is 10.3. The number of hydrogen-bond donors (Lipinski definition) is 1. The number of benzene rings is 1. The smallest absolute Gasteiger partial charge is 0.354 e. The number of carbonyl (C=O) groups is 1. The Balaban J connectivity index is 2.51. The van der Waals surface area contributed by atoms with Gasteiger partial charge in [-0.05, 0) is 18.2 Å². The molecule has 6 heteroatoms. The fourth-order valence-corrected chi connectivity index (χ4v) is 1.77. The van der Waals surface area contributed by atoms with E-state index in [-0.39, 0.29) is 5.69 Å². The van der Waals surface area contributed by atoms with E-state index in [9.17, 15) is 9.90 Å². The Hall–Kier alpha value is -2.18. The maximum absolute atomic E-state index is 11.3. The normalized spacial score (nSPS) is 10.9. The van der Waals surface area contributed by atoms with Gasteiger partial charge >= 0.3 is 5.97 Å². The van der Waals surface area contributed by atoms with Gasteiger partial charge < -0.3 is 14.6 Å². The zero-order chi connectivity index (χ0) is 13.8. The van der Waals surface area contributed by atoms with Crippen molar-refractivity contribution in [2.75, 3.05) is 14.2 Å². The number of carboxylic acid groups (broad SMARTS) is 1. The molecule has 0 saturated carbocycles. The van der Waals surface area contributed by atoms with Gasteiger partial charge in [0.2, 0.25) is 6.29 Å². The summed E-state index contributed by atoms with van der Waals surface area (Å²) in [6, 6.07) is 10.5. The highest BCUT2D eigenvalue weighted by Crippen LogP contribution is 2.20. The molecule has 0 radical (unpaired) electrons. The van der Waals surface area contributed by atoms with Crippen molar-refractivity contribution in [2.24, 2.45) is 0 Å². The molecule has 19 heavy (non-hydrogen) atoms. The van der Waals surface area contributed by atoms with Crippen molar-refractivity contribution in [1.29, 1.82) is 0 Å². The molecule has 6 nitrogen and oxygen atoms in total. The molecule has 0 spiro atoms. The first-order valence-corrected chi connectivity index (χ1v) is 5.61. The quantitative estimate of drug-likeness (QED) is 0.832. The summed E-state index contributed by atoms with van der Waals surface area (Å²) in [5.41, 5.74) is 1.13. The molecule has 1 aromatic carbocycles. The predicted octanol–water partition coefficient (Wildman–Crippen LogP) is 1.86. The lowest BCUT2D eigenvalue weighted by Crippen LogP contribution is -2.08. The molecule has 1 heterocycles. The number of hydrogen-bond acceptors (Lipinski definition) is 4. The number of para-hydroxylation sites is 1. The van der Waals surface area contributed by atoms with E-state index >= 15 is 0 Å². The molecule has 0 aliphatic carbocycles. The topological polar surface area (TPSA) is 73.6 Å². The van der Waals surface area contributed by atoms with E-state index in [2.05, 4.69) is 5.10 Å². The molecule has 2 aromatic rings. The average molecular weight is 262 g/mol. The van der Waals surface area contributed by atoms with Crippen molar-refractivity contribution in [1.82, 2.24) is 9.78 Å². The monoisotopic (exact) mass is 262 g/mol. The van der Waals surface area contributed by atoms with Crippen molar-refractivity contribution in [2.45, 2.75) is 6.29 Å². The van der Waals surface area contributed by atoms with Crippen molar-refractivity contribution in [3.8, 4) is 5.69 Å². The molecule has 0 aliphatic heterocycles. The van der Waals surface area contributed by atoms with Crippen LogP contribution in [0.25, 0.3) is 5.69 Å². The van der Waals surface area contributed by atoms with Gasteiger partial charge in [-0.3, -0.25) is 0 Å². The average Bonchev–Trinajstić information content (AvgIpc) is 2.86. The number of methoxy groups -OCH3 is 2. The van der Waals surface area contributed by atoms with Crippen molar-refractivity contribution in [3.05, 3.63) is 47.8 Å². The largest absolute Gasteiger partial charge is 0.477 e. The molecule has 0 amide bonds. The SMILES string of the molecule is COC(OC)c1cc(C(=O)O)n(-c2ccccc2)n1. The van der Waals surface area contributed by atoms with Crippen LogP contribution in [0.2, 0.25) is 0 Å². The molecule has 0 unspecified atom stereocenters. The summed E-state index contributed by atoms with van der Waals surface area (Å²) < 4.78 is 11.5. The summed E-state index contributed by atoms with van der Waals surface area (Å²) in [5, 5.41) is 13.5. The fraction of sp³-hybridized carbons (Fsp3) is 0.231. The minimum absolute atomic E-state index is 0.0558. The number of ether oxygens (including phenoxy) is 2. The zero-order valence-electron chi connectivity index (χ0n) is 10.6. The summed E-state index contributed by atoms with van der Waals surface area (Å²) in [6.07, 6.45) is -0.692. The number of carboxylic acids is 1. The third-order valence-electron chi connectivity index (χ3n) is 2.62. The highest BCUT2D eigenvalue weighted by atomic mass is 16.7. The molecule has 0 aliphatic rings. The van der Waals surface area contributed by atoms with E-state index in [1.165, 1.54) is 25.0 Å². The van der Waals surface area contributed by atoms with E-state index in [0.29, 0.717) is 11.4 Å². The minimum Gasteiger partial charge on any atom is -0.477 e. The third kappa shape index (κ3) is 2.64. The van der Waals surface area contributed by atoms with Crippen LogP contribution in [0.5, 0.6) is 0 Å². The van der Waals surface area contributed by atoms with Crippen LogP contribution in [0.4, 0.5) is 0 Å². The number of aromatic nitrogens is 2. The Morgan fingerprint density at radius 1 is 1.26 bits per heavy atom. The second-order valence-electron chi connectivity index (χ2n) is 3.81. The first kappa shape index (κ1) is 13.3. The molecular weight excluding hydrogens is 248 g/mol. The Morgan fingerprint density at radius 2 is 1.89 bits per heavy atom. The van der Waals surface area contributed by atoms with Crippen molar-refractivity contribution < 1.29 is 19.4 Å². The second-order valence-corrected chi connectivity index (χ2v) is 3.81.